The van der Waals surface area contributed by atoms with Gasteiger partial charge >= 0.3 is 0 Å². The Bertz CT molecular complexity index is 393. The van der Waals surface area contributed by atoms with Gasteiger partial charge in [-0.15, -0.1) is 11.3 Å². The molecule has 80 valence electrons. The highest BCUT2D eigenvalue weighted by atomic mass is 32.1. The first kappa shape index (κ1) is 10.3. The lowest BCUT2D eigenvalue weighted by Gasteiger charge is -2.05. The Morgan fingerprint density at radius 1 is 1.40 bits per heavy atom. The Morgan fingerprint density at radius 2 is 2.33 bits per heavy atom. The van der Waals surface area contributed by atoms with E-state index >= 15 is 0 Å². The van der Waals surface area contributed by atoms with Crippen LogP contribution in [0.3, 0.4) is 0 Å². The Kier molecular flexibility index (Phi) is 3.47. The van der Waals surface area contributed by atoms with Crippen LogP contribution in [0.25, 0.3) is 0 Å². The Hall–Kier alpha value is -1.20. The first-order chi connectivity index (χ1) is 7.40. The fraction of sp³-hybridized carbons (Fsp3) is 0.400. The highest BCUT2D eigenvalue weighted by Gasteiger charge is 2.02. The Balaban J connectivity index is 1.95. The van der Waals surface area contributed by atoms with Crippen LogP contribution in [-0.4, -0.2) is 21.1 Å². The molecule has 2 aromatic rings. The zero-order valence-corrected chi connectivity index (χ0v) is 9.28. The molecular formula is C10H14N4S. The van der Waals surface area contributed by atoms with E-state index < -0.39 is 0 Å². The van der Waals surface area contributed by atoms with Crippen LogP contribution in [0, 0.1) is 0 Å². The van der Waals surface area contributed by atoms with Gasteiger partial charge in [-0.2, -0.15) is 0 Å². The topological polar surface area (TPSA) is 56.7 Å². The van der Waals surface area contributed by atoms with E-state index in [-0.39, 0.29) is 0 Å². The molecule has 0 amide bonds. The molecule has 15 heavy (non-hydrogen) atoms. The maximum absolute atomic E-state index is 5.53. The average Bonchev–Trinajstić information content (AvgIpc) is 2.85. The molecule has 0 aliphatic rings. The van der Waals surface area contributed by atoms with Crippen molar-refractivity contribution in [2.24, 2.45) is 5.73 Å². The van der Waals surface area contributed by atoms with Gasteiger partial charge < -0.3 is 10.3 Å². The minimum atomic E-state index is 0.669. The van der Waals surface area contributed by atoms with Gasteiger partial charge in [0.1, 0.15) is 0 Å². The summed E-state index contributed by atoms with van der Waals surface area (Å²) < 4.78 is 2.15. The van der Waals surface area contributed by atoms with Crippen LogP contribution in [0.5, 0.6) is 0 Å². The van der Waals surface area contributed by atoms with Gasteiger partial charge in [-0.1, -0.05) is 0 Å². The molecule has 0 saturated heterocycles. The van der Waals surface area contributed by atoms with Crippen molar-refractivity contribution in [3.8, 4) is 0 Å². The zero-order valence-electron chi connectivity index (χ0n) is 8.47. The van der Waals surface area contributed by atoms with Crippen molar-refractivity contribution in [1.29, 1.82) is 0 Å². The van der Waals surface area contributed by atoms with Gasteiger partial charge in [0.2, 0.25) is 0 Å². The summed E-state index contributed by atoms with van der Waals surface area (Å²) in [7, 11) is 0. The molecule has 5 heteroatoms. The largest absolute Gasteiger partial charge is 0.334 e. The molecule has 0 fully saturated rings. The average molecular weight is 222 g/mol. The van der Waals surface area contributed by atoms with Crippen LogP contribution < -0.4 is 5.73 Å². The quantitative estimate of drug-likeness (QED) is 0.823. The molecule has 0 aliphatic carbocycles. The summed E-state index contributed by atoms with van der Waals surface area (Å²) in [5, 5.41) is 2.08. The molecule has 0 unspecified atom stereocenters. The number of hydrogen-bond donors (Lipinski definition) is 1. The SMILES string of the molecule is NCCc1cncn1CCc1cscn1. The summed E-state index contributed by atoms with van der Waals surface area (Å²) >= 11 is 1.64. The van der Waals surface area contributed by atoms with Crippen molar-refractivity contribution >= 4 is 11.3 Å². The van der Waals surface area contributed by atoms with Crippen LogP contribution in [0.15, 0.2) is 23.4 Å². The summed E-state index contributed by atoms with van der Waals surface area (Å²) in [6, 6.07) is 0. The van der Waals surface area contributed by atoms with Gasteiger partial charge in [-0.25, -0.2) is 9.97 Å². The number of hydrogen-bond acceptors (Lipinski definition) is 4. The van der Waals surface area contributed by atoms with Crippen LogP contribution >= 0.6 is 11.3 Å². The molecule has 2 N–H and O–H groups in total. The third kappa shape index (κ3) is 2.64. The van der Waals surface area contributed by atoms with E-state index in [4.69, 9.17) is 5.73 Å². The summed E-state index contributed by atoms with van der Waals surface area (Å²) in [5.41, 5.74) is 9.74. The number of rotatable bonds is 5. The van der Waals surface area contributed by atoms with Crippen molar-refractivity contribution in [3.63, 3.8) is 0 Å². The summed E-state index contributed by atoms with van der Waals surface area (Å²) in [6.45, 7) is 1.60. The summed E-state index contributed by atoms with van der Waals surface area (Å²) in [6.07, 6.45) is 5.58. The summed E-state index contributed by atoms with van der Waals surface area (Å²) in [4.78, 5) is 8.38. The second kappa shape index (κ2) is 5.04. The highest BCUT2D eigenvalue weighted by Crippen LogP contribution is 2.05. The maximum Gasteiger partial charge on any atom is 0.0948 e. The Labute approximate surface area is 92.8 Å². The van der Waals surface area contributed by atoms with Crippen molar-refractivity contribution in [2.75, 3.05) is 6.54 Å². The van der Waals surface area contributed by atoms with E-state index in [2.05, 4.69) is 19.9 Å². The number of aromatic nitrogens is 3. The van der Waals surface area contributed by atoms with Gasteiger partial charge in [0.05, 0.1) is 17.5 Å². The molecule has 0 atom stereocenters. The standard InChI is InChI=1S/C10H14N4S/c11-3-1-10-5-12-7-14(10)4-2-9-6-15-8-13-9/h5-8H,1-4,11H2. The van der Waals surface area contributed by atoms with Crippen molar-refractivity contribution in [1.82, 2.24) is 14.5 Å². The van der Waals surface area contributed by atoms with Crippen molar-refractivity contribution in [2.45, 2.75) is 19.4 Å². The second-order valence-corrected chi connectivity index (χ2v) is 4.07. The predicted molar refractivity (Wildman–Crippen MR) is 60.8 cm³/mol. The first-order valence-corrected chi connectivity index (χ1v) is 5.90. The summed E-state index contributed by atoms with van der Waals surface area (Å²) in [5.74, 6) is 0. The first-order valence-electron chi connectivity index (χ1n) is 4.96. The fourth-order valence-electron chi connectivity index (χ4n) is 1.50. The number of nitrogens with two attached hydrogens (primary N) is 1. The number of imidazole rings is 1. The molecule has 0 spiro atoms. The van der Waals surface area contributed by atoms with Crippen LogP contribution in [0.2, 0.25) is 0 Å². The molecule has 0 aromatic carbocycles. The van der Waals surface area contributed by atoms with Gasteiger partial charge in [0, 0.05) is 36.7 Å². The van der Waals surface area contributed by atoms with Crippen molar-refractivity contribution in [3.05, 3.63) is 34.8 Å². The number of aryl methyl sites for hydroxylation is 2. The van der Waals surface area contributed by atoms with E-state index in [1.54, 1.807) is 11.3 Å². The third-order valence-corrected chi connectivity index (χ3v) is 2.93. The minimum Gasteiger partial charge on any atom is -0.334 e. The maximum atomic E-state index is 5.53. The van der Waals surface area contributed by atoms with Gasteiger partial charge in [-0.3, -0.25) is 0 Å². The van der Waals surface area contributed by atoms with Crippen molar-refractivity contribution < 1.29 is 0 Å². The zero-order chi connectivity index (χ0) is 10.5. The van der Waals surface area contributed by atoms with E-state index in [0.717, 1.165) is 25.1 Å². The van der Waals surface area contributed by atoms with Gasteiger partial charge in [0.25, 0.3) is 0 Å². The number of thiazole rings is 1. The second-order valence-electron chi connectivity index (χ2n) is 3.35. The van der Waals surface area contributed by atoms with Crippen LogP contribution in [-0.2, 0) is 19.4 Å². The molecular weight excluding hydrogens is 208 g/mol. The van der Waals surface area contributed by atoms with Crippen LogP contribution in [0.4, 0.5) is 0 Å². The molecule has 4 nitrogen and oxygen atoms in total. The molecule has 0 aliphatic heterocycles. The molecule has 0 bridgehead atoms. The van der Waals surface area contributed by atoms with E-state index in [9.17, 15) is 0 Å². The predicted octanol–water partition coefficient (Wildman–Crippen LogP) is 1.08. The third-order valence-electron chi connectivity index (χ3n) is 2.29. The lowest BCUT2D eigenvalue weighted by Crippen LogP contribution is -2.09. The lowest BCUT2D eigenvalue weighted by molar-refractivity contribution is 0.652. The normalized spacial score (nSPS) is 10.7. The molecule has 0 saturated carbocycles. The molecule has 0 radical (unpaired) electrons. The minimum absolute atomic E-state index is 0.669. The molecule has 2 heterocycles. The Morgan fingerprint density at radius 3 is 3.07 bits per heavy atom. The fourth-order valence-corrected chi connectivity index (χ4v) is 2.09. The highest BCUT2D eigenvalue weighted by molar-refractivity contribution is 7.07. The smallest absolute Gasteiger partial charge is 0.0948 e. The van der Waals surface area contributed by atoms with E-state index in [0.29, 0.717) is 6.54 Å². The van der Waals surface area contributed by atoms with Gasteiger partial charge in [0.15, 0.2) is 0 Å². The van der Waals surface area contributed by atoms with E-state index in [1.807, 2.05) is 18.0 Å². The monoisotopic (exact) mass is 222 g/mol. The molecule has 2 aromatic heterocycles. The van der Waals surface area contributed by atoms with Crippen LogP contribution in [0.1, 0.15) is 11.4 Å². The lowest BCUT2D eigenvalue weighted by atomic mass is 10.3. The van der Waals surface area contributed by atoms with Gasteiger partial charge in [-0.05, 0) is 6.54 Å². The number of nitrogens with zero attached hydrogens (tertiary/aromatic N) is 3. The van der Waals surface area contributed by atoms with E-state index in [1.165, 1.54) is 5.69 Å². The molecule has 2 rings (SSSR count).